The van der Waals surface area contributed by atoms with Crippen LogP contribution in [0.15, 0.2) is 35.7 Å². The van der Waals surface area contributed by atoms with Crippen LogP contribution in [0.5, 0.6) is 0 Å². The van der Waals surface area contributed by atoms with Crippen LogP contribution in [0.3, 0.4) is 0 Å². The molecule has 0 N–H and O–H groups in total. The summed E-state index contributed by atoms with van der Waals surface area (Å²) in [6.07, 6.45) is 2.07. The van der Waals surface area contributed by atoms with Crippen molar-refractivity contribution in [1.82, 2.24) is 4.98 Å². The molecule has 0 radical (unpaired) electrons. The van der Waals surface area contributed by atoms with Crippen molar-refractivity contribution in [3.8, 4) is 0 Å². The van der Waals surface area contributed by atoms with Gasteiger partial charge >= 0.3 is 0 Å². The Morgan fingerprint density at radius 1 is 1.11 bits per heavy atom. The van der Waals surface area contributed by atoms with Crippen molar-refractivity contribution in [3.05, 3.63) is 52.0 Å². The molecule has 0 atom stereocenters. The first kappa shape index (κ1) is 15.2. The molecule has 2 aromatic rings. The molecule has 2 rings (SSSR count). The molecule has 0 aliphatic rings. The van der Waals surface area contributed by atoms with Crippen LogP contribution >= 0.6 is 43.2 Å². The predicted molar refractivity (Wildman–Crippen MR) is 90.7 cm³/mol. The quantitative estimate of drug-likeness (QED) is 0.618. The van der Waals surface area contributed by atoms with Crippen molar-refractivity contribution >= 4 is 43.2 Å². The van der Waals surface area contributed by atoms with E-state index in [1.807, 2.05) is 0 Å². The van der Waals surface area contributed by atoms with Crippen molar-refractivity contribution in [3.63, 3.8) is 0 Å². The lowest BCUT2D eigenvalue weighted by atomic mass is 9.83. The summed E-state index contributed by atoms with van der Waals surface area (Å²) in [7, 11) is 0. The molecule has 1 aromatic heterocycles. The Balaban J connectivity index is 2.17. The van der Waals surface area contributed by atoms with Crippen LogP contribution in [0.25, 0.3) is 0 Å². The first-order chi connectivity index (χ1) is 9.17. The second-order valence-corrected chi connectivity index (χ2v) is 7.05. The van der Waals surface area contributed by atoms with Gasteiger partial charge in [-0.1, -0.05) is 62.2 Å². The van der Waals surface area contributed by atoms with Gasteiger partial charge in [0.2, 0.25) is 0 Å². The molecule has 0 bridgehead atoms. The van der Waals surface area contributed by atoms with Crippen LogP contribution < -0.4 is 0 Å². The molecule has 0 fully saturated rings. The number of hydrogen-bond acceptors (Lipinski definition) is 2. The van der Waals surface area contributed by atoms with E-state index < -0.39 is 0 Å². The van der Waals surface area contributed by atoms with Gasteiger partial charge in [0.15, 0.2) is 0 Å². The number of hydrogen-bond donors (Lipinski definition) is 0. The SMILES string of the molecule is Cc1csc(CC(CBr)(CBr)Cc2ccccc2)n1. The maximum atomic E-state index is 4.61. The van der Waals surface area contributed by atoms with E-state index in [9.17, 15) is 0 Å². The molecular formula is C15H17Br2NS. The molecule has 0 amide bonds. The van der Waals surface area contributed by atoms with Crippen LogP contribution in [0, 0.1) is 12.3 Å². The zero-order chi connectivity index (χ0) is 13.7. The number of aryl methyl sites for hydroxylation is 1. The Morgan fingerprint density at radius 2 is 1.79 bits per heavy atom. The van der Waals surface area contributed by atoms with Crippen LogP contribution in [0.1, 0.15) is 16.3 Å². The molecule has 0 unspecified atom stereocenters. The van der Waals surface area contributed by atoms with Crippen LogP contribution in [0.2, 0.25) is 0 Å². The maximum Gasteiger partial charge on any atom is 0.0934 e. The van der Waals surface area contributed by atoms with Crippen molar-refractivity contribution < 1.29 is 0 Å². The van der Waals surface area contributed by atoms with E-state index in [1.54, 1.807) is 11.3 Å². The number of thiazole rings is 1. The first-order valence-corrected chi connectivity index (χ1v) is 9.36. The molecule has 0 spiro atoms. The fourth-order valence-electron chi connectivity index (χ4n) is 2.12. The van der Waals surface area contributed by atoms with E-state index in [4.69, 9.17) is 0 Å². The molecule has 0 aliphatic carbocycles. The lowest BCUT2D eigenvalue weighted by molar-refractivity contribution is 0.385. The molecule has 0 aliphatic heterocycles. The minimum atomic E-state index is 0.186. The summed E-state index contributed by atoms with van der Waals surface area (Å²) in [5.74, 6) is 0. The number of nitrogens with zero attached hydrogens (tertiary/aromatic N) is 1. The van der Waals surface area contributed by atoms with Crippen molar-refractivity contribution in [1.29, 1.82) is 0 Å². The molecule has 19 heavy (non-hydrogen) atoms. The number of alkyl halides is 2. The van der Waals surface area contributed by atoms with E-state index in [2.05, 4.69) is 79.5 Å². The van der Waals surface area contributed by atoms with Gasteiger partial charge in [0.25, 0.3) is 0 Å². The summed E-state index contributed by atoms with van der Waals surface area (Å²) < 4.78 is 0. The fraction of sp³-hybridized carbons (Fsp3) is 0.400. The maximum absolute atomic E-state index is 4.61. The van der Waals surface area contributed by atoms with Crippen molar-refractivity contribution in [2.45, 2.75) is 19.8 Å². The number of rotatable bonds is 6. The van der Waals surface area contributed by atoms with Crippen LogP contribution in [-0.4, -0.2) is 15.6 Å². The van der Waals surface area contributed by atoms with Gasteiger partial charge in [-0.25, -0.2) is 4.98 Å². The van der Waals surface area contributed by atoms with Gasteiger partial charge in [-0.2, -0.15) is 0 Å². The largest absolute Gasteiger partial charge is 0.247 e. The normalized spacial score (nSPS) is 11.7. The van der Waals surface area contributed by atoms with E-state index in [0.717, 1.165) is 29.2 Å². The van der Waals surface area contributed by atoms with E-state index in [0.29, 0.717) is 0 Å². The Bertz CT molecular complexity index is 506. The highest BCUT2D eigenvalue weighted by molar-refractivity contribution is 9.09. The van der Waals surface area contributed by atoms with Crippen LogP contribution in [0.4, 0.5) is 0 Å². The fourth-order valence-corrected chi connectivity index (χ4v) is 4.79. The van der Waals surface area contributed by atoms with Crippen molar-refractivity contribution in [2.75, 3.05) is 10.7 Å². The molecule has 4 heteroatoms. The van der Waals surface area contributed by atoms with Gasteiger partial charge in [-0.3, -0.25) is 0 Å². The summed E-state index contributed by atoms with van der Waals surface area (Å²) in [6, 6.07) is 10.7. The van der Waals surface area contributed by atoms with Gasteiger partial charge in [0.05, 0.1) is 5.01 Å². The summed E-state index contributed by atoms with van der Waals surface area (Å²) in [5, 5.41) is 5.30. The standard InChI is InChI=1S/C15H17Br2NS/c1-12-9-19-14(18-12)8-15(10-16,11-17)7-13-5-3-2-4-6-13/h2-6,9H,7-8,10-11H2,1H3. The highest BCUT2D eigenvalue weighted by Gasteiger charge is 2.29. The second kappa shape index (κ2) is 7.00. The zero-order valence-corrected chi connectivity index (χ0v) is 14.9. The molecule has 0 saturated carbocycles. The highest BCUT2D eigenvalue weighted by Crippen LogP contribution is 2.33. The predicted octanol–water partition coefficient (Wildman–Crippen LogP) is 5.01. The number of benzene rings is 1. The van der Waals surface area contributed by atoms with Gasteiger partial charge < -0.3 is 0 Å². The Hall–Kier alpha value is -0.190. The van der Waals surface area contributed by atoms with Crippen LogP contribution in [-0.2, 0) is 12.8 Å². The van der Waals surface area contributed by atoms with Gasteiger partial charge in [-0.05, 0) is 18.9 Å². The monoisotopic (exact) mass is 401 g/mol. The zero-order valence-electron chi connectivity index (χ0n) is 10.9. The summed E-state index contributed by atoms with van der Waals surface area (Å²) in [6.45, 7) is 2.06. The molecule has 1 nitrogen and oxygen atoms in total. The number of halogens is 2. The first-order valence-electron chi connectivity index (χ1n) is 6.24. The summed E-state index contributed by atoms with van der Waals surface area (Å²) in [5.41, 5.74) is 2.69. The third kappa shape index (κ3) is 4.14. The van der Waals surface area contributed by atoms with Gasteiger partial charge in [-0.15, -0.1) is 11.3 Å². The van der Waals surface area contributed by atoms with E-state index in [1.165, 1.54) is 10.6 Å². The molecular weight excluding hydrogens is 386 g/mol. The minimum Gasteiger partial charge on any atom is -0.247 e. The van der Waals surface area contributed by atoms with Gasteiger partial charge in [0.1, 0.15) is 0 Å². The average Bonchev–Trinajstić information content (AvgIpc) is 2.84. The molecule has 102 valence electrons. The highest BCUT2D eigenvalue weighted by atomic mass is 79.9. The van der Waals surface area contributed by atoms with E-state index >= 15 is 0 Å². The average molecular weight is 403 g/mol. The number of aromatic nitrogens is 1. The lowest BCUT2D eigenvalue weighted by Crippen LogP contribution is -2.30. The topological polar surface area (TPSA) is 12.9 Å². The van der Waals surface area contributed by atoms with E-state index in [-0.39, 0.29) is 5.41 Å². The minimum absolute atomic E-state index is 0.186. The summed E-state index contributed by atoms with van der Waals surface area (Å²) >= 11 is 9.17. The molecule has 0 saturated heterocycles. The molecule has 1 heterocycles. The second-order valence-electron chi connectivity index (χ2n) is 4.99. The Kier molecular flexibility index (Phi) is 5.60. The van der Waals surface area contributed by atoms with Crippen molar-refractivity contribution in [2.24, 2.45) is 5.41 Å². The third-order valence-electron chi connectivity index (χ3n) is 3.18. The molecule has 1 aromatic carbocycles. The Labute approximate surface area is 135 Å². The lowest BCUT2D eigenvalue weighted by Gasteiger charge is -2.29. The van der Waals surface area contributed by atoms with Gasteiger partial charge in [0, 0.05) is 33.6 Å². The Morgan fingerprint density at radius 3 is 2.32 bits per heavy atom. The third-order valence-corrected chi connectivity index (χ3v) is 6.53. The smallest absolute Gasteiger partial charge is 0.0934 e. The summed E-state index contributed by atoms with van der Waals surface area (Å²) in [4.78, 5) is 4.61.